The van der Waals surface area contributed by atoms with Gasteiger partial charge in [0.05, 0.1) is 30.6 Å². The third kappa shape index (κ3) is 5.33. The van der Waals surface area contributed by atoms with E-state index < -0.39 is 5.97 Å². The van der Waals surface area contributed by atoms with Crippen molar-refractivity contribution < 1.29 is 23.7 Å². The molecule has 0 N–H and O–H groups in total. The zero-order valence-electron chi connectivity index (χ0n) is 16.2. The van der Waals surface area contributed by atoms with Gasteiger partial charge in [-0.1, -0.05) is 24.3 Å². The van der Waals surface area contributed by atoms with Gasteiger partial charge < -0.3 is 18.9 Å². The van der Waals surface area contributed by atoms with Crippen molar-refractivity contribution in [3.63, 3.8) is 0 Å². The van der Waals surface area contributed by atoms with Crippen LogP contribution in [-0.2, 0) is 9.53 Å². The van der Waals surface area contributed by atoms with E-state index in [1.54, 1.807) is 55.5 Å². The minimum Gasteiger partial charge on any atom is -0.501 e. The number of allylic oxidation sites excluding steroid dienone is 1. The van der Waals surface area contributed by atoms with Crippen LogP contribution in [0.1, 0.15) is 12.5 Å². The highest BCUT2D eigenvalue weighted by atomic mass is 16.6. The van der Waals surface area contributed by atoms with Gasteiger partial charge in [-0.15, -0.1) is 0 Å². The molecule has 1 aromatic heterocycles. The van der Waals surface area contributed by atoms with Crippen LogP contribution < -0.4 is 14.2 Å². The van der Waals surface area contributed by atoms with Gasteiger partial charge in [0.1, 0.15) is 18.1 Å². The first-order valence-electron chi connectivity index (χ1n) is 8.79. The van der Waals surface area contributed by atoms with Crippen molar-refractivity contribution in [2.75, 3.05) is 7.11 Å². The van der Waals surface area contributed by atoms with E-state index in [-0.39, 0.29) is 23.3 Å². The highest BCUT2D eigenvalue weighted by Gasteiger charge is 2.12. The number of hydrogen-bond acceptors (Lipinski definition) is 8. The summed E-state index contributed by atoms with van der Waals surface area (Å²) in [6.07, 6.45) is 2.49. The van der Waals surface area contributed by atoms with E-state index in [0.29, 0.717) is 17.1 Å². The zero-order chi connectivity index (χ0) is 21.3. The molecule has 8 nitrogen and oxygen atoms in total. The molecule has 0 spiro atoms. The van der Waals surface area contributed by atoms with Crippen LogP contribution in [0.4, 0.5) is 0 Å². The molecule has 0 saturated heterocycles. The van der Waals surface area contributed by atoms with Crippen LogP contribution in [-0.4, -0.2) is 23.0 Å². The number of methoxy groups -OCH3 is 1. The Balaban J connectivity index is 1.79. The second-order valence-corrected chi connectivity index (χ2v) is 5.83. The predicted octanol–water partition coefficient (Wildman–Crippen LogP) is 4.39. The zero-order valence-corrected chi connectivity index (χ0v) is 16.2. The second kappa shape index (κ2) is 9.71. The molecule has 0 radical (unpaired) electrons. The maximum Gasteiger partial charge on any atom is 0.339 e. The first-order chi connectivity index (χ1) is 14.6. The summed E-state index contributed by atoms with van der Waals surface area (Å²) in [5, 5.41) is 9.18. The van der Waals surface area contributed by atoms with Gasteiger partial charge in [0.2, 0.25) is 11.8 Å². The van der Waals surface area contributed by atoms with E-state index in [0.717, 1.165) is 0 Å². The number of hydrogen-bond donors (Lipinski definition) is 0. The van der Waals surface area contributed by atoms with Crippen molar-refractivity contribution in [2.24, 2.45) is 0 Å². The molecule has 0 aliphatic carbocycles. The van der Waals surface area contributed by atoms with Crippen LogP contribution in [0.5, 0.6) is 29.0 Å². The minimum absolute atomic E-state index is 0.168. The molecule has 150 valence electrons. The third-order valence-electron chi connectivity index (χ3n) is 3.76. The molecular formula is C22H17N3O5. The lowest BCUT2D eigenvalue weighted by atomic mass is 10.2. The van der Waals surface area contributed by atoms with Crippen molar-refractivity contribution >= 4 is 5.97 Å². The number of carbonyl (C=O) groups is 1. The molecule has 0 atom stereocenters. The van der Waals surface area contributed by atoms with Crippen LogP contribution in [0.15, 0.2) is 72.8 Å². The fourth-order valence-corrected chi connectivity index (χ4v) is 2.29. The first-order valence-corrected chi connectivity index (χ1v) is 8.79. The molecule has 0 fully saturated rings. The summed E-state index contributed by atoms with van der Waals surface area (Å²) in [5.74, 6) is 1.01. The van der Waals surface area contributed by atoms with Crippen molar-refractivity contribution in [1.29, 1.82) is 5.26 Å². The van der Waals surface area contributed by atoms with E-state index in [1.165, 1.54) is 25.6 Å². The Morgan fingerprint density at radius 3 is 2.23 bits per heavy atom. The Hall–Kier alpha value is -4.38. The van der Waals surface area contributed by atoms with Gasteiger partial charge >= 0.3 is 5.97 Å². The van der Waals surface area contributed by atoms with Crippen molar-refractivity contribution in [3.8, 4) is 35.1 Å². The van der Waals surface area contributed by atoms with E-state index >= 15 is 0 Å². The van der Waals surface area contributed by atoms with E-state index in [4.69, 9.17) is 18.9 Å². The van der Waals surface area contributed by atoms with Gasteiger partial charge in [-0.3, -0.25) is 0 Å². The summed E-state index contributed by atoms with van der Waals surface area (Å²) in [7, 11) is 1.46. The van der Waals surface area contributed by atoms with Gasteiger partial charge in [-0.05, 0) is 31.2 Å². The van der Waals surface area contributed by atoms with Crippen molar-refractivity contribution in [2.45, 2.75) is 6.92 Å². The van der Waals surface area contributed by atoms with Crippen LogP contribution in [0, 0.1) is 11.3 Å². The number of nitrogens with zero attached hydrogens (tertiary/aromatic N) is 3. The molecule has 1 heterocycles. The maximum absolute atomic E-state index is 12.0. The molecule has 0 aliphatic heterocycles. The molecule has 3 aromatic rings. The van der Waals surface area contributed by atoms with E-state index in [9.17, 15) is 10.1 Å². The second-order valence-electron chi connectivity index (χ2n) is 5.83. The molecule has 0 saturated carbocycles. The predicted molar refractivity (Wildman–Crippen MR) is 106 cm³/mol. The minimum atomic E-state index is -0.606. The maximum atomic E-state index is 12.0. The standard InChI is InChI=1S/C22H17N3O5/c1-15(27-2)11-22(26)30-19-10-6-5-9-18(19)29-21-12-20(24-14-25-21)28-17-8-4-3-7-16(17)13-23/h3-12,14H,1-2H3. The van der Waals surface area contributed by atoms with Gasteiger partial charge in [0, 0.05) is 0 Å². The number of aromatic nitrogens is 2. The average Bonchev–Trinajstić information content (AvgIpc) is 2.75. The summed E-state index contributed by atoms with van der Waals surface area (Å²) in [5.41, 5.74) is 0.371. The van der Waals surface area contributed by atoms with Gasteiger partial charge in [-0.2, -0.15) is 5.26 Å². The average molecular weight is 403 g/mol. The SMILES string of the molecule is COC(C)=CC(=O)Oc1ccccc1Oc1cc(Oc2ccccc2C#N)ncn1. The quantitative estimate of drug-likeness (QED) is 0.248. The highest BCUT2D eigenvalue weighted by Crippen LogP contribution is 2.32. The topological polar surface area (TPSA) is 104 Å². The molecule has 0 unspecified atom stereocenters. The number of nitriles is 1. The normalized spacial score (nSPS) is 10.6. The van der Waals surface area contributed by atoms with Crippen molar-refractivity contribution in [1.82, 2.24) is 9.97 Å². The summed E-state index contributed by atoms with van der Waals surface area (Å²) in [6.45, 7) is 1.64. The number of para-hydroxylation sites is 3. The largest absolute Gasteiger partial charge is 0.501 e. The number of rotatable bonds is 7. The Morgan fingerprint density at radius 2 is 1.57 bits per heavy atom. The smallest absolute Gasteiger partial charge is 0.339 e. The van der Waals surface area contributed by atoms with Crippen LogP contribution in [0.3, 0.4) is 0 Å². The lowest BCUT2D eigenvalue weighted by Crippen LogP contribution is -2.06. The summed E-state index contributed by atoms with van der Waals surface area (Å²) < 4.78 is 21.7. The van der Waals surface area contributed by atoms with Crippen molar-refractivity contribution in [3.05, 3.63) is 78.3 Å². The lowest BCUT2D eigenvalue weighted by Gasteiger charge is -2.11. The Kier molecular flexibility index (Phi) is 6.59. The lowest BCUT2D eigenvalue weighted by molar-refractivity contribution is -0.129. The van der Waals surface area contributed by atoms with Gasteiger partial charge in [0.25, 0.3) is 0 Å². The summed E-state index contributed by atoms with van der Waals surface area (Å²) in [6, 6.07) is 16.9. The number of esters is 1. The first kappa shape index (κ1) is 20.4. The third-order valence-corrected chi connectivity index (χ3v) is 3.76. The van der Waals surface area contributed by atoms with E-state index in [1.807, 2.05) is 0 Å². The fraction of sp³-hybridized carbons (Fsp3) is 0.0909. The molecule has 0 bridgehead atoms. The number of carbonyl (C=O) groups excluding carboxylic acids is 1. The molecular weight excluding hydrogens is 386 g/mol. The van der Waals surface area contributed by atoms with E-state index in [2.05, 4.69) is 16.0 Å². The summed E-state index contributed by atoms with van der Waals surface area (Å²) >= 11 is 0. The monoisotopic (exact) mass is 403 g/mol. The highest BCUT2D eigenvalue weighted by molar-refractivity contribution is 5.84. The fourth-order valence-electron chi connectivity index (χ4n) is 2.29. The van der Waals surface area contributed by atoms with Crippen LogP contribution >= 0.6 is 0 Å². The number of benzene rings is 2. The molecule has 8 heteroatoms. The molecule has 30 heavy (non-hydrogen) atoms. The Morgan fingerprint density at radius 1 is 0.967 bits per heavy atom. The molecule has 2 aromatic carbocycles. The molecule has 0 amide bonds. The molecule has 0 aliphatic rings. The Bertz CT molecular complexity index is 1120. The van der Waals surface area contributed by atoms with Gasteiger partial charge in [-0.25, -0.2) is 14.8 Å². The van der Waals surface area contributed by atoms with Crippen LogP contribution in [0.2, 0.25) is 0 Å². The Labute approximate surface area is 172 Å². The number of ether oxygens (including phenoxy) is 4. The van der Waals surface area contributed by atoms with Crippen LogP contribution in [0.25, 0.3) is 0 Å². The van der Waals surface area contributed by atoms with Gasteiger partial charge in [0.15, 0.2) is 11.5 Å². The molecule has 3 rings (SSSR count). The summed E-state index contributed by atoms with van der Waals surface area (Å²) in [4.78, 5) is 20.1.